The molecule has 2 N–H and O–H groups in total. The first-order valence-corrected chi connectivity index (χ1v) is 7.80. The minimum absolute atomic E-state index is 0.0563. The molecule has 0 spiro atoms. The van der Waals surface area contributed by atoms with E-state index in [-0.39, 0.29) is 6.04 Å². The van der Waals surface area contributed by atoms with Crippen molar-refractivity contribution in [2.75, 3.05) is 33.2 Å². The van der Waals surface area contributed by atoms with Crippen LogP contribution in [0.1, 0.15) is 27.7 Å². The molecule has 5 nitrogen and oxygen atoms in total. The molecule has 0 aliphatic carbocycles. The van der Waals surface area contributed by atoms with Gasteiger partial charge in [0, 0.05) is 19.1 Å². The van der Waals surface area contributed by atoms with Gasteiger partial charge >= 0.3 is 0 Å². The normalized spacial score (nSPS) is 16.1. The molecule has 0 saturated carbocycles. The Hall–Kier alpha value is -0.170. The zero-order valence-electron chi connectivity index (χ0n) is 11.7. The molecule has 0 aromatic heterocycles. The molecule has 17 heavy (non-hydrogen) atoms. The third-order valence-corrected chi connectivity index (χ3v) is 4.77. The van der Waals surface area contributed by atoms with Crippen LogP contribution < -0.4 is 10.0 Å². The van der Waals surface area contributed by atoms with Crippen LogP contribution in [-0.4, -0.2) is 57.8 Å². The van der Waals surface area contributed by atoms with Crippen molar-refractivity contribution in [1.82, 2.24) is 14.9 Å². The maximum Gasteiger partial charge on any atom is 0.215 e. The second-order valence-electron chi connectivity index (χ2n) is 4.42. The van der Waals surface area contributed by atoms with E-state index in [4.69, 9.17) is 0 Å². The summed E-state index contributed by atoms with van der Waals surface area (Å²) in [6.07, 6.45) is 0. The minimum atomic E-state index is -3.22. The molecule has 0 aromatic carbocycles. The van der Waals surface area contributed by atoms with Crippen LogP contribution in [0.4, 0.5) is 0 Å². The fourth-order valence-electron chi connectivity index (χ4n) is 1.70. The third-order valence-electron chi connectivity index (χ3n) is 2.81. The summed E-state index contributed by atoms with van der Waals surface area (Å²) in [5.74, 6) is 0. The van der Waals surface area contributed by atoms with E-state index in [0.717, 1.165) is 19.6 Å². The molecule has 0 bridgehead atoms. The zero-order chi connectivity index (χ0) is 13.5. The Labute approximate surface area is 106 Å². The van der Waals surface area contributed by atoms with E-state index in [1.54, 1.807) is 14.0 Å². The van der Waals surface area contributed by atoms with E-state index < -0.39 is 15.3 Å². The standard InChI is InChI=1S/C11H27N3O2S/c1-6-14(7-2)9-10(3)13-17(15,16)11(4)8-12-5/h10-13H,6-9H2,1-5H3. The van der Waals surface area contributed by atoms with Gasteiger partial charge in [0.2, 0.25) is 10.0 Å². The number of likely N-dealkylation sites (N-methyl/N-ethyl adjacent to an activating group) is 1. The first kappa shape index (κ1) is 16.8. The lowest BCUT2D eigenvalue weighted by Gasteiger charge is -2.24. The van der Waals surface area contributed by atoms with Gasteiger partial charge in [-0.25, -0.2) is 13.1 Å². The molecule has 0 heterocycles. The van der Waals surface area contributed by atoms with Gasteiger partial charge in [0.15, 0.2) is 0 Å². The lowest BCUT2D eigenvalue weighted by atomic mass is 10.3. The largest absolute Gasteiger partial charge is 0.318 e. The molecule has 0 aliphatic rings. The van der Waals surface area contributed by atoms with Gasteiger partial charge in [-0.2, -0.15) is 0 Å². The minimum Gasteiger partial charge on any atom is -0.318 e. The van der Waals surface area contributed by atoms with Crippen LogP contribution in [0.25, 0.3) is 0 Å². The molecule has 2 unspecified atom stereocenters. The van der Waals surface area contributed by atoms with Crippen molar-refractivity contribution in [3.8, 4) is 0 Å². The molecule has 0 rings (SSSR count). The molecule has 0 aromatic rings. The SMILES string of the molecule is CCN(CC)CC(C)NS(=O)(=O)C(C)CNC. The summed E-state index contributed by atoms with van der Waals surface area (Å²) in [4.78, 5) is 2.20. The molecular weight excluding hydrogens is 238 g/mol. The Bertz CT molecular complexity index is 289. The van der Waals surface area contributed by atoms with Crippen LogP contribution >= 0.6 is 0 Å². The van der Waals surface area contributed by atoms with Gasteiger partial charge in [-0.15, -0.1) is 0 Å². The van der Waals surface area contributed by atoms with Gasteiger partial charge in [-0.3, -0.25) is 0 Å². The van der Waals surface area contributed by atoms with Crippen molar-refractivity contribution < 1.29 is 8.42 Å². The predicted octanol–water partition coefficient (Wildman–Crippen LogP) is 0.244. The van der Waals surface area contributed by atoms with Crippen LogP contribution in [0.3, 0.4) is 0 Å². The van der Waals surface area contributed by atoms with Crippen molar-refractivity contribution in [3.05, 3.63) is 0 Å². The number of rotatable bonds is 9. The second kappa shape index (κ2) is 8.02. The lowest BCUT2D eigenvalue weighted by Crippen LogP contribution is -2.46. The van der Waals surface area contributed by atoms with Gasteiger partial charge in [-0.1, -0.05) is 13.8 Å². The fourth-order valence-corrected chi connectivity index (χ4v) is 2.95. The fraction of sp³-hybridized carbons (Fsp3) is 1.00. The monoisotopic (exact) mass is 265 g/mol. The van der Waals surface area contributed by atoms with Crippen molar-refractivity contribution in [3.63, 3.8) is 0 Å². The number of sulfonamides is 1. The maximum absolute atomic E-state index is 11.9. The van der Waals surface area contributed by atoms with E-state index in [1.165, 1.54) is 0 Å². The number of hydrogen-bond acceptors (Lipinski definition) is 4. The topological polar surface area (TPSA) is 61.4 Å². The van der Waals surface area contributed by atoms with Crippen molar-refractivity contribution >= 4 is 10.0 Å². The highest BCUT2D eigenvalue weighted by atomic mass is 32.2. The summed E-state index contributed by atoms with van der Waals surface area (Å²) < 4.78 is 26.6. The zero-order valence-corrected chi connectivity index (χ0v) is 12.5. The van der Waals surface area contributed by atoms with E-state index in [0.29, 0.717) is 6.54 Å². The second-order valence-corrected chi connectivity index (χ2v) is 6.55. The van der Waals surface area contributed by atoms with E-state index in [2.05, 4.69) is 28.8 Å². The summed E-state index contributed by atoms with van der Waals surface area (Å²) in [7, 11) is -1.47. The highest BCUT2D eigenvalue weighted by molar-refractivity contribution is 7.90. The molecule has 2 atom stereocenters. The highest BCUT2D eigenvalue weighted by Crippen LogP contribution is 2.00. The molecule has 0 fully saturated rings. The Kier molecular flexibility index (Phi) is 7.94. The number of hydrogen-bond donors (Lipinski definition) is 2. The number of nitrogens with zero attached hydrogens (tertiary/aromatic N) is 1. The molecule has 0 saturated heterocycles. The average molecular weight is 265 g/mol. The Morgan fingerprint density at radius 2 is 1.71 bits per heavy atom. The first-order chi connectivity index (χ1) is 7.87. The van der Waals surface area contributed by atoms with Gasteiger partial charge in [-0.05, 0) is 34.0 Å². The lowest BCUT2D eigenvalue weighted by molar-refractivity contribution is 0.282. The maximum atomic E-state index is 11.9. The highest BCUT2D eigenvalue weighted by Gasteiger charge is 2.22. The van der Waals surface area contributed by atoms with Crippen molar-refractivity contribution in [2.24, 2.45) is 0 Å². The first-order valence-electron chi connectivity index (χ1n) is 6.25. The van der Waals surface area contributed by atoms with E-state index >= 15 is 0 Å². The summed E-state index contributed by atoms with van der Waals surface area (Å²) in [6, 6.07) is -0.0563. The Morgan fingerprint density at radius 1 is 1.18 bits per heavy atom. The van der Waals surface area contributed by atoms with Gasteiger partial charge in [0.25, 0.3) is 0 Å². The molecule has 0 amide bonds. The van der Waals surface area contributed by atoms with Gasteiger partial charge < -0.3 is 10.2 Å². The van der Waals surface area contributed by atoms with E-state index in [1.807, 2.05) is 6.92 Å². The third kappa shape index (κ3) is 6.35. The molecule has 104 valence electrons. The summed E-state index contributed by atoms with van der Waals surface area (Å²) >= 11 is 0. The van der Waals surface area contributed by atoms with Crippen LogP contribution in [-0.2, 0) is 10.0 Å². The van der Waals surface area contributed by atoms with Gasteiger partial charge in [0.05, 0.1) is 5.25 Å². The van der Waals surface area contributed by atoms with Crippen LogP contribution in [0.5, 0.6) is 0 Å². The summed E-state index contributed by atoms with van der Waals surface area (Å²) in [5.41, 5.74) is 0. The number of nitrogens with one attached hydrogen (secondary N) is 2. The summed E-state index contributed by atoms with van der Waals surface area (Å²) in [6.45, 7) is 10.9. The van der Waals surface area contributed by atoms with Crippen LogP contribution in [0.15, 0.2) is 0 Å². The Balaban J connectivity index is 4.31. The quantitative estimate of drug-likeness (QED) is 0.627. The van der Waals surface area contributed by atoms with Crippen molar-refractivity contribution in [2.45, 2.75) is 39.0 Å². The summed E-state index contributed by atoms with van der Waals surface area (Å²) in [5, 5.41) is 2.47. The molecule has 0 radical (unpaired) electrons. The van der Waals surface area contributed by atoms with Crippen molar-refractivity contribution in [1.29, 1.82) is 0 Å². The van der Waals surface area contributed by atoms with Gasteiger partial charge in [0.1, 0.15) is 0 Å². The van der Waals surface area contributed by atoms with Crippen LogP contribution in [0, 0.1) is 0 Å². The average Bonchev–Trinajstić information content (AvgIpc) is 2.25. The van der Waals surface area contributed by atoms with E-state index in [9.17, 15) is 8.42 Å². The van der Waals surface area contributed by atoms with Crippen LogP contribution in [0.2, 0.25) is 0 Å². The molecule has 6 heteroatoms. The smallest absolute Gasteiger partial charge is 0.215 e. The Morgan fingerprint density at radius 3 is 2.12 bits per heavy atom. The molecular formula is C11H27N3O2S. The molecule has 0 aliphatic heterocycles. The predicted molar refractivity (Wildman–Crippen MR) is 72.7 cm³/mol.